The van der Waals surface area contributed by atoms with Gasteiger partial charge in [-0.3, -0.25) is 0 Å². The molecule has 0 aromatic heterocycles. The summed E-state index contributed by atoms with van der Waals surface area (Å²) in [7, 11) is 0. The molecule has 1 saturated heterocycles. The summed E-state index contributed by atoms with van der Waals surface area (Å²) < 4.78 is 6.21. The summed E-state index contributed by atoms with van der Waals surface area (Å²) in [4.78, 5) is 0. The van der Waals surface area contributed by atoms with E-state index < -0.39 is 5.60 Å². The Morgan fingerprint density at radius 3 is 2.30 bits per heavy atom. The molecule has 0 aromatic rings. The van der Waals surface area contributed by atoms with Gasteiger partial charge in [0.1, 0.15) is 5.60 Å². The second kappa shape index (κ2) is 6.65. The fourth-order valence-electron chi connectivity index (χ4n) is 5.07. The van der Waals surface area contributed by atoms with E-state index in [1.54, 1.807) is 0 Å². The van der Waals surface area contributed by atoms with Gasteiger partial charge in [-0.1, -0.05) is 40.0 Å². The van der Waals surface area contributed by atoms with E-state index in [0.29, 0.717) is 24.6 Å². The molecule has 0 radical (unpaired) electrons. The van der Waals surface area contributed by atoms with Gasteiger partial charge in [0.05, 0.1) is 12.2 Å². The quantitative estimate of drug-likeness (QED) is 0.824. The lowest BCUT2D eigenvalue weighted by atomic mass is 9.67. The lowest BCUT2D eigenvalue weighted by Crippen LogP contribution is -2.47. The molecule has 0 bridgehead atoms. The smallest absolute Gasteiger partial charge is 0.103 e. The molecule has 3 rings (SSSR count). The van der Waals surface area contributed by atoms with E-state index in [1.807, 2.05) is 0 Å². The van der Waals surface area contributed by atoms with Crippen LogP contribution in [0.3, 0.4) is 0 Å². The topological polar surface area (TPSA) is 41.5 Å². The first-order valence-corrected chi connectivity index (χ1v) is 9.90. The molecule has 1 atom stereocenters. The van der Waals surface area contributed by atoms with E-state index in [1.165, 1.54) is 44.9 Å². The predicted molar refractivity (Wildman–Crippen MR) is 94.5 cm³/mol. The molecule has 1 spiro atoms. The Morgan fingerprint density at radius 1 is 1.04 bits per heavy atom. The van der Waals surface area contributed by atoms with Crippen LogP contribution in [-0.4, -0.2) is 35.5 Å². The monoisotopic (exact) mass is 323 g/mol. The molecule has 0 amide bonds. The van der Waals surface area contributed by atoms with Gasteiger partial charge in [0.25, 0.3) is 0 Å². The largest absolute Gasteiger partial charge is 0.386 e. The highest BCUT2D eigenvalue weighted by Gasteiger charge is 2.50. The highest BCUT2D eigenvalue weighted by atomic mass is 16.5. The Kier molecular flexibility index (Phi) is 5.11. The maximum Gasteiger partial charge on any atom is 0.103 e. The van der Waals surface area contributed by atoms with Gasteiger partial charge in [0, 0.05) is 19.0 Å². The van der Waals surface area contributed by atoms with Gasteiger partial charge >= 0.3 is 0 Å². The van der Waals surface area contributed by atoms with Gasteiger partial charge in [0.2, 0.25) is 0 Å². The van der Waals surface area contributed by atoms with Crippen LogP contribution >= 0.6 is 0 Å². The molecule has 2 saturated carbocycles. The van der Waals surface area contributed by atoms with Crippen molar-refractivity contribution in [3.8, 4) is 0 Å². The van der Waals surface area contributed by atoms with Gasteiger partial charge in [0.15, 0.2) is 0 Å². The van der Waals surface area contributed by atoms with Crippen molar-refractivity contribution in [2.75, 3.05) is 13.2 Å². The number of hydrogen-bond donors (Lipinski definition) is 2. The summed E-state index contributed by atoms with van der Waals surface area (Å²) in [5, 5.41) is 14.6. The summed E-state index contributed by atoms with van der Waals surface area (Å²) in [5.74, 6) is 0.797. The van der Waals surface area contributed by atoms with E-state index in [0.717, 1.165) is 25.2 Å². The Morgan fingerprint density at radius 2 is 1.70 bits per heavy atom. The van der Waals surface area contributed by atoms with Crippen molar-refractivity contribution < 1.29 is 9.84 Å². The first kappa shape index (κ1) is 17.7. The standard InChI is InChI=1S/C20H37NO2/c1-18(2,3)16-9-11-20(12-10-16)13-19(22,15-23-20)14-21-17-7-5-4-6-8-17/h16-17,21-22H,4-15H2,1-3H3. The third kappa shape index (κ3) is 4.29. The zero-order valence-electron chi connectivity index (χ0n) is 15.5. The molecule has 2 N–H and O–H groups in total. The Hall–Kier alpha value is -0.120. The van der Waals surface area contributed by atoms with Crippen LogP contribution in [0.2, 0.25) is 0 Å². The molecule has 0 aromatic carbocycles. The molecular weight excluding hydrogens is 286 g/mol. The average molecular weight is 324 g/mol. The predicted octanol–water partition coefficient (Wildman–Crippen LogP) is 4.04. The van der Waals surface area contributed by atoms with Crippen molar-refractivity contribution in [2.45, 2.75) is 102 Å². The number of rotatable bonds is 3. The van der Waals surface area contributed by atoms with E-state index in [-0.39, 0.29) is 5.60 Å². The first-order chi connectivity index (χ1) is 10.8. The van der Waals surface area contributed by atoms with Gasteiger partial charge in [-0.25, -0.2) is 0 Å². The molecule has 1 unspecified atom stereocenters. The Labute approximate surface area is 142 Å². The van der Waals surface area contributed by atoms with Crippen LogP contribution in [-0.2, 0) is 4.74 Å². The maximum atomic E-state index is 11.0. The summed E-state index contributed by atoms with van der Waals surface area (Å²) in [6, 6.07) is 0.612. The molecular formula is C20H37NO2. The van der Waals surface area contributed by atoms with Crippen LogP contribution < -0.4 is 5.32 Å². The number of aliphatic hydroxyl groups is 1. The first-order valence-electron chi connectivity index (χ1n) is 9.90. The molecule has 1 heterocycles. The van der Waals surface area contributed by atoms with Gasteiger partial charge in [-0.15, -0.1) is 0 Å². The molecule has 1 aliphatic heterocycles. The van der Waals surface area contributed by atoms with Crippen LogP contribution in [0.1, 0.15) is 85.0 Å². The third-order valence-electron chi connectivity index (χ3n) is 6.74. The molecule has 2 aliphatic carbocycles. The number of nitrogens with one attached hydrogen (secondary N) is 1. The van der Waals surface area contributed by atoms with Crippen LogP contribution in [0.15, 0.2) is 0 Å². The van der Waals surface area contributed by atoms with E-state index in [4.69, 9.17) is 4.74 Å². The van der Waals surface area contributed by atoms with Gasteiger partial charge in [-0.2, -0.15) is 0 Å². The van der Waals surface area contributed by atoms with Crippen LogP contribution in [0.4, 0.5) is 0 Å². The maximum absolute atomic E-state index is 11.0. The van der Waals surface area contributed by atoms with Gasteiger partial charge in [-0.05, 0) is 49.9 Å². The molecule has 3 fully saturated rings. The SMILES string of the molecule is CC(C)(C)C1CCC2(CC1)CC(O)(CNC1CCCCC1)CO2. The van der Waals surface area contributed by atoms with Crippen molar-refractivity contribution in [3.63, 3.8) is 0 Å². The molecule has 3 nitrogen and oxygen atoms in total. The molecule has 134 valence electrons. The van der Waals surface area contributed by atoms with Crippen LogP contribution in [0.5, 0.6) is 0 Å². The molecule has 3 aliphatic rings. The van der Waals surface area contributed by atoms with Crippen molar-refractivity contribution >= 4 is 0 Å². The van der Waals surface area contributed by atoms with E-state index in [2.05, 4.69) is 26.1 Å². The van der Waals surface area contributed by atoms with Crippen molar-refractivity contribution in [3.05, 3.63) is 0 Å². The highest BCUT2D eigenvalue weighted by Crippen LogP contribution is 2.48. The summed E-state index contributed by atoms with van der Waals surface area (Å²) >= 11 is 0. The normalized spacial score (nSPS) is 39.9. The average Bonchev–Trinajstić information content (AvgIpc) is 2.83. The highest BCUT2D eigenvalue weighted by molar-refractivity contribution is 5.02. The lowest BCUT2D eigenvalue weighted by Gasteiger charge is -2.42. The zero-order chi connectivity index (χ0) is 16.6. The molecule has 23 heavy (non-hydrogen) atoms. The minimum absolute atomic E-state index is 0.0370. The summed E-state index contributed by atoms with van der Waals surface area (Å²) in [6.45, 7) is 8.30. The van der Waals surface area contributed by atoms with E-state index >= 15 is 0 Å². The summed E-state index contributed by atoms with van der Waals surface area (Å²) in [6.07, 6.45) is 12.2. The minimum atomic E-state index is -0.647. The van der Waals surface area contributed by atoms with Crippen molar-refractivity contribution in [1.82, 2.24) is 5.32 Å². The zero-order valence-corrected chi connectivity index (χ0v) is 15.5. The molecule has 3 heteroatoms. The van der Waals surface area contributed by atoms with Crippen LogP contribution in [0, 0.1) is 11.3 Å². The number of hydrogen-bond acceptors (Lipinski definition) is 3. The summed E-state index contributed by atoms with van der Waals surface area (Å²) in [5.41, 5.74) is -0.282. The van der Waals surface area contributed by atoms with Gasteiger partial charge < -0.3 is 15.2 Å². The van der Waals surface area contributed by atoms with Crippen molar-refractivity contribution in [2.24, 2.45) is 11.3 Å². The second-order valence-electron chi connectivity index (χ2n) is 9.73. The Balaban J connectivity index is 1.49. The second-order valence-corrected chi connectivity index (χ2v) is 9.73. The third-order valence-corrected chi connectivity index (χ3v) is 6.74. The fraction of sp³-hybridized carbons (Fsp3) is 1.00. The number of ether oxygens (including phenoxy) is 1. The van der Waals surface area contributed by atoms with Crippen LogP contribution in [0.25, 0.3) is 0 Å². The van der Waals surface area contributed by atoms with Crippen molar-refractivity contribution in [1.29, 1.82) is 0 Å². The fourth-order valence-corrected chi connectivity index (χ4v) is 5.07. The lowest BCUT2D eigenvalue weighted by molar-refractivity contribution is -0.0495. The Bertz CT molecular complexity index is 389. The van der Waals surface area contributed by atoms with E-state index in [9.17, 15) is 5.11 Å². The minimum Gasteiger partial charge on any atom is -0.386 e.